The molecular weight excluding hydrogens is 413 g/mol. The van der Waals surface area contributed by atoms with Gasteiger partial charge in [0.25, 0.3) is 0 Å². The molecule has 30 heavy (non-hydrogen) atoms. The van der Waals surface area contributed by atoms with Crippen molar-refractivity contribution in [3.8, 4) is 11.4 Å². The molecule has 1 heterocycles. The van der Waals surface area contributed by atoms with E-state index in [9.17, 15) is 18.0 Å². The highest BCUT2D eigenvalue weighted by molar-refractivity contribution is 8.00. The molecule has 1 unspecified atom stereocenters. The maximum Gasteiger partial charge on any atom is 0.418 e. The van der Waals surface area contributed by atoms with Gasteiger partial charge in [0.2, 0.25) is 5.91 Å². The van der Waals surface area contributed by atoms with Crippen molar-refractivity contribution in [2.45, 2.75) is 30.1 Å². The number of benzene rings is 2. The highest BCUT2D eigenvalue weighted by atomic mass is 32.2. The summed E-state index contributed by atoms with van der Waals surface area (Å²) in [5.41, 5.74) is -0.313. The number of anilines is 1. The molecule has 0 spiro atoms. The molecule has 5 nitrogen and oxygen atoms in total. The Bertz CT molecular complexity index is 1030. The largest absolute Gasteiger partial charge is 0.418 e. The van der Waals surface area contributed by atoms with E-state index >= 15 is 0 Å². The number of aromatic nitrogens is 3. The zero-order chi connectivity index (χ0) is 21.7. The second-order valence-electron chi connectivity index (χ2n) is 6.36. The van der Waals surface area contributed by atoms with Gasteiger partial charge >= 0.3 is 6.18 Å². The Hall–Kier alpha value is -3.07. The number of nitrogens with zero attached hydrogens (tertiary/aromatic N) is 3. The molecule has 2 aromatic carbocycles. The van der Waals surface area contributed by atoms with Crippen molar-refractivity contribution in [1.82, 2.24) is 14.8 Å². The summed E-state index contributed by atoms with van der Waals surface area (Å²) in [4.78, 5) is 12.6. The van der Waals surface area contributed by atoms with Crippen LogP contribution in [0.1, 0.15) is 12.5 Å². The summed E-state index contributed by atoms with van der Waals surface area (Å²) >= 11 is 1.11. The fraction of sp³-hybridized carbons (Fsp3) is 0.190. The van der Waals surface area contributed by atoms with Crippen molar-refractivity contribution >= 4 is 23.4 Å². The average Bonchev–Trinajstić information content (AvgIpc) is 3.11. The van der Waals surface area contributed by atoms with Gasteiger partial charge in [-0.15, -0.1) is 16.8 Å². The van der Waals surface area contributed by atoms with E-state index in [2.05, 4.69) is 22.1 Å². The van der Waals surface area contributed by atoms with E-state index < -0.39 is 22.9 Å². The summed E-state index contributed by atoms with van der Waals surface area (Å²) in [7, 11) is 0. The molecule has 0 fully saturated rings. The van der Waals surface area contributed by atoms with Crippen LogP contribution in [0.15, 0.2) is 72.4 Å². The molecule has 9 heteroatoms. The molecule has 156 valence electrons. The van der Waals surface area contributed by atoms with E-state index in [-0.39, 0.29) is 5.69 Å². The predicted octanol–water partition coefficient (Wildman–Crippen LogP) is 5.27. The van der Waals surface area contributed by atoms with E-state index in [1.165, 1.54) is 18.2 Å². The van der Waals surface area contributed by atoms with Gasteiger partial charge in [-0.05, 0) is 19.1 Å². The van der Waals surface area contributed by atoms with E-state index in [4.69, 9.17) is 0 Å². The lowest BCUT2D eigenvalue weighted by Crippen LogP contribution is -2.24. The molecule has 1 atom stereocenters. The molecule has 0 bridgehead atoms. The first-order valence-corrected chi connectivity index (χ1v) is 9.92. The Morgan fingerprint density at radius 3 is 2.50 bits per heavy atom. The third-order valence-corrected chi connectivity index (χ3v) is 5.28. The molecule has 0 aliphatic rings. The van der Waals surface area contributed by atoms with Crippen LogP contribution in [0, 0.1) is 0 Å². The van der Waals surface area contributed by atoms with Gasteiger partial charge in [-0.1, -0.05) is 60.3 Å². The number of thioether (sulfide) groups is 1. The maximum atomic E-state index is 13.2. The van der Waals surface area contributed by atoms with Crippen LogP contribution in [0.2, 0.25) is 0 Å². The normalized spacial score (nSPS) is 12.4. The highest BCUT2D eigenvalue weighted by Gasteiger charge is 2.34. The molecule has 1 amide bonds. The van der Waals surface area contributed by atoms with Gasteiger partial charge < -0.3 is 5.32 Å². The summed E-state index contributed by atoms with van der Waals surface area (Å²) in [6, 6.07) is 14.3. The molecule has 0 radical (unpaired) electrons. The molecule has 1 aromatic heterocycles. The van der Waals surface area contributed by atoms with Crippen LogP contribution in [0.25, 0.3) is 11.4 Å². The second kappa shape index (κ2) is 9.17. The topological polar surface area (TPSA) is 59.8 Å². The number of carbonyl (C=O) groups excluding carboxylic acids is 1. The maximum absolute atomic E-state index is 13.2. The summed E-state index contributed by atoms with van der Waals surface area (Å²) in [5.74, 6) is 0.0548. The minimum atomic E-state index is -4.56. The first-order chi connectivity index (χ1) is 14.3. The van der Waals surface area contributed by atoms with Crippen molar-refractivity contribution in [3.05, 3.63) is 72.8 Å². The van der Waals surface area contributed by atoms with E-state index in [0.29, 0.717) is 17.5 Å². The Morgan fingerprint density at radius 2 is 1.83 bits per heavy atom. The molecule has 1 N–H and O–H groups in total. The molecule has 0 aliphatic carbocycles. The zero-order valence-electron chi connectivity index (χ0n) is 16.1. The Kier molecular flexibility index (Phi) is 6.61. The van der Waals surface area contributed by atoms with Gasteiger partial charge in [-0.25, -0.2) is 0 Å². The molecule has 0 saturated heterocycles. The van der Waals surface area contributed by atoms with Crippen LogP contribution in [-0.2, 0) is 17.5 Å². The number of alkyl halides is 3. The Balaban J connectivity index is 1.80. The fourth-order valence-corrected chi connectivity index (χ4v) is 3.61. The number of hydrogen-bond donors (Lipinski definition) is 1. The molecular formula is C21H19F3N4OS. The van der Waals surface area contributed by atoms with Gasteiger partial charge in [0.1, 0.15) is 0 Å². The number of para-hydroxylation sites is 1. The second-order valence-corrected chi connectivity index (χ2v) is 7.67. The number of nitrogens with one attached hydrogen (secondary N) is 1. The van der Waals surface area contributed by atoms with E-state index in [0.717, 1.165) is 23.4 Å². The van der Waals surface area contributed by atoms with Gasteiger partial charge in [-0.2, -0.15) is 13.2 Å². The number of hydrogen-bond acceptors (Lipinski definition) is 4. The highest BCUT2D eigenvalue weighted by Crippen LogP contribution is 2.35. The van der Waals surface area contributed by atoms with Crippen molar-refractivity contribution in [1.29, 1.82) is 0 Å². The smallest absolute Gasteiger partial charge is 0.325 e. The van der Waals surface area contributed by atoms with E-state index in [1.54, 1.807) is 17.6 Å². The summed E-state index contributed by atoms with van der Waals surface area (Å²) in [6.45, 7) is 5.77. The van der Waals surface area contributed by atoms with Gasteiger partial charge in [-0.3, -0.25) is 9.36 Å². The number of amides is 1. The standard InChI is InChI=1S/C21H19F3N4OS/c1-3-13-28-18(15-9-5-4-6-10-15)26-27-20(28)30-14(2)19(29)25-17-12-8-7-11-16(17)21(22,23)24/h3-12,14H,1,13H2,2H3,(H,25,29). The fourth-order valence-electron chi connectivity index (χ4n) is 2.76. The molecule has 3 aromatic rings. The Labute approximate surface area is 176 Å². The van der Waals surface area contributed by atoms with Crippen molar-refractivity contribution in [3.63, 3.8) is 0 Å². The van der Waals surface area contributed by atoms with Crippen molar-refractivity contribution in [2.75, 3.05) is 5.32 Å². The molecule has 3 rings (SSSR count). The molecule has 0 saturated carbocycles. The monoisotopic (exact) mass is 432 g/mol. The lowest BCUT2D eigenvalue weighted by Gasteiger charge is -2.16. The van der Waals surface area contributed by atoms with Crippen LogP contribution >= 0.6 is 11.8 Å². The number of halogens is 3. The number of carbonyl (C=O) groups is 1. The quantitative estimate of drug-likeness (QED) is 0.408. The van der Waals surface area contributed by atoms with Crippen molar-refractivity contribution in [2.24, 2.45) is 0 Å². The van der Waals surface area contributed by atoms with Crippen molar-refractivity contribution < 1.29 is 18.0 Å². The van der Waals surface area contributed by atoms with Crippen LogP contribution in [0.3, 0.4) is 0 Å². The summed E-state index contributed by atoms with van der Waals surface area (Å²) in [5, 5.41) is 10.5. The summed E-state index contributed by atoms with van der Waals surface area (Å²) < 4.78 is 41.3. The third kappa shape index (κ3) is 4.91. The third-order valence-electron chi connectivity index (χ3n) is 4.20. The first-order valence-electron chi connectivity index (χ1n) is 9.04. The van der Waals surface area contributed by atoms with Gasteiger partial charge in [0, 0.05) is 12.1 Å². The number of allylic oxidation sites excluding steroid dienone is 1. The average molecular weight is 432 g/mol. The van der Waals surface area contributed by atoms with Crippen LogP contribution in [0.4, 0.5) is 18.9 Å². The summed E-state index contributed by atoms with van der Waals surface area (Å²) in [6.07, 6.45) is -2.88. The van der Waals surface area contributed by atoms with E-state index in [1.807, 2.05) is 30.3 Å². The predicted molar refractivity (Wildman–Crippen MR) is 111 cm³/mol. The SMILES string of the molecule is C=CCn1c(SC(C)C(=O)Nc2ccccc2C(F)(F)F)nnc1-c1ccccc1. The molecule has 0 aliphatic heterocycles. The number of rotatable bonds is 7. The zero-order valence-corrected chi connectivity index (χ0v) is 16.9. The van der Waals surface area contributed by atoms with Crippen LogP contribution in [0.5, 0.6) is 0 Å². The lowest BCUT2D eigenvalue weighted by molar-refractivity contribution is -0.137. The lowest BCUT2D eigenvalue weighted by atomic mass is 10.1. The minimum absolute atomic E-state index is 0.278. The van der Waals surface area contributed by atoms with Gasteiger partial charge in [0.15, 0.2) is 11.0 Å². The first kappa shape index (κ1) is 21.6. The van der Waals surface area contributed by atoms with Gasteiger partial charge in [0.05, 0.1) is 16.5 Å². The van der Waals surface area contributed by atoms with Crippen LogP contribution < -0.4 is 5.32 Å². The minimum Gasteiger partial charge on any atom is -0.325 e. The van der Waals surface area contributed by atoms with Crippen LogP contribution in [-0.4, -0.2) is 25.9 Å². The Morgan fingerprint density at radius 1 is 1.17 bits per heavy atom.